The molecule has 0 aliphatic carbocycles. The third-order valence-corrected chi connectivity index (χ3v) is 3.95. The summed E-state index contributed by atoms with van der Waals surface area (Å²) < 4.78 is 8.47. The molecule has 0 saturated heterocycles. The molecule has 0 aliphatic rings. The molecular weight excluding hydrogens is 246 g/mol. The highest BCUT2D eigenvalue weighted by Gasteiger charge is 2.03. The summed E-state index contributed by atoms with van der Waals surface area (Å²) in [6, 6.07) is 5.53. The minimum Gasteiger partial charge on any atom is -0.504 e. The molecule has 1 rings (SSSR count). The second-order valence-electron chi connectivity index (χ2n) is 4.34. The van der Waals surface area contributed by atoms with Crippen LogP contribution in [0.4, 0.5) is 0 Å². The van der Waals surface area contributed by atoms with Gasteiger partial charge in [-0.1, -0.05) is 31.9 Å². The molecule has 1 atom stereocenters. The summed E-state index contributed by atoms with van der Waals surface area (Å²) in [7, 11) is 1.57. The van der Waals surface area contributed by atoms with E-state index in [2.05, 4.69) is 18.6 Å². The third-order valence-electron chi connectivity index (χ3n) is 2.85. The first kappa shape index (κ1) is 15.2. The van der Waals surface area contributed by atoms with Crippen LogP contribution < -0.4 is 9.46 Å². The van der Waals surface area contributed by atoms with Crippen molar-refractivity contribution in [2.45, 2.75) is 38.4 Å². The zero-order valence-corrected chi connectivity index (χ0v) is 12.2. The summed E-state index contributed by atoms with van der Waals surface area (Å²) in [6.07, 6.45) is 3.26. The van der Waals surface area contributed by atoms with Gasteiger partial charge >= 0.3 is 0 Å². The number of phenols is 1. The molecule has 18 heavy (non-hydrogen) atoms. The van der Waals surface area contributed by atoms with Gasteiger partial charge in [0.25, 0.3) is 0 Å². The molecule has 1 aromatic rings. The summed E-state index contributed by atoms with van der Waals surface area (Å²) in [5.74, 6) is 0.751. The van der Waals surface area contributed by atoms with Crippen molar-refractivity contribution in [3.05, 3.63) is 23.8 Å². The number of rotatable bonds is 8. The quantitative estimate of drug-likeness (QED) is 0.561. The predicted octanol–water partition coefficient (Wildman–Crippen LogP) is 3.37. The molecule has 0 aliphatic heterocycles. The van der Waals surface area contributed by atoms with Gasteiger partial charge in [-0.15, -0.1) is 0 Å². The maximum absolute atomic E-state index is 9.49. The highest BCUT2D eigenvalue weighted by molar-refractivity contribution is 7.98. The standard InChI is InChI=1S/C14H23NO2S/c1-4-11(2)18-15-9-5-6-12-7-8-13(16)14(10-12)17-3/h7-8,10-11,15-16H,4-6,9H2,1-3H3. The number of aromatic hydroxyl groups is 1. The maximum atomic E-state index is 9.49. The van der Waals surface area contributed by atoms with Crippen molar-refractivity contribution < 1.29 is 9.84 Å². The molecule has 0 spiro atoms. The minimum atomic E-state index is 0.201. The SMILES string of the molecule is CCC(C)SNCCCc1ccc(O)c(OC)c1. The fourth-order valence-electron chi connectivity index (χ4n) is 1.53. The van der Waals surface area contributed by atoms with Gasteiger partial charge in [-0.3, -0.25) is 4.72 Å². The van der Waals surface area contributed by atoms with Crippen LogP contribution in [0.15, 0.2) is 18.2 Å². The lowest BCUT2D eigenvalue weighted by atomic mass is 10.1. The van der Waals surface area contributed by atoms with Crippen LogP contribution in [0.2, 0.25) is 0 Å². The highest BCUT2D eigenvalue weighted by atomic mass is 32.2. The number of methoxy groups -OCH3 is 1. The van der Waals surface area contributed by atoms with Gasteiger partial charge in [0.15, 0.2) is 11.5 Å². The van der Waals surface area contributed by atoms with Gasteiger partial charge in [0.2, 0.25) is 0 Å². The maximum Gasteiger partial charge on any atom is 0.160 e. The Balaban J connectivity index is 2.27. The average molecular weight is 269 g/mol. The molecule has 0 aromatic heterocycles. The molecule has 2 N–H and O–H groups in total. The first-order valence-electron chi connectivity index (χ1n) is 6.41. The van der Waals surface area contributed by atoms with Crippen molar-refractivity contribution in [1.82, 2.24) is 4.72 Å². The topological polar surface area (TPSA) is 41.5 Å². The lowest BCUT2D eigenvalue weighted by molar-refractivity contribution is 0.373. The van der Waals surface area contributed by atoms with Crippen molar-refractivity contribution in [3.63, 3.8) is 0 Å². The van der Waals surface area contributed by atoms with E-state index < -0.39 is 0 Å². The monoisotopic (exact) mass is 269 g/mol. The van der Waals surface area contributed by atoms with Gasteiger partial charge in [0.05, 0.1) is 7.11 Å². The van der Waals surface area contributed by atoms with E-state index in [0.717, 1.165) is 19.4 Å². The number of hydrogen-bond acceptors (Lipinski definition) is 4. The number of benzene rings is 1. The molecule has 0 radical (unpaired) electrons. The zero-order valence-electron chi connectivity index (χ0n) is 11.4. The van der Waals surface area contributed by atoms with Crippen LogP contribution in [0.3, 0.4) is 0 Å². The van der Waals surface area contributed by atoms with Crippen LogP contribution in [0.5, 0.6) is 11.5 Å². The summed E-state index contributed by atoms with van der Waals surface area (Å²) in [5, 5.41) is 10.2. The molecule has 0 heterocycles. The summed E-state index contributed by atoms with van der Waals surface area (Å²) in [6.45, 7) is 5.42. The fraction of sp³-hybridized carbons (Fsp3) is 0.571. The number of phenolic OH excluding ortho intramolecular Hbond substituents is 1. The molecule has 1 unspecified atom stereocenters. The van der Waals surface area contributed by atoms with Gasteiger partial charge in [-0.25, -0.2) is 0 Å². The molecule has 0 fully saturated rings. The van der Waals surface area contributed by atoms with E-state index in [-0.39, 0.29) is 5.75 Å². The molecule has 1 aromatic carbocycles. The number of nitrogens with one attached hydrogen (secondary N) is 1. The van der Waals surface area contributed by atoms with Crippen molar-refractivity contribution >= 4 is 11.9 Å². The van der Waals surface area contributed by atoms with E-state index in [1.165, 1.54) is 12.0 Å². The number of hydrogen-bond donors (Lipinski definition) is 2. The summed E-state index contributed by atoms with van der Waals surface area (Å²) in [4.78, 5) is 0. The van der Waals surface area contributed by atoms with E-state index in [1.807, 2.05) is 12.1 Å². The Morgan fingerprint density at radius 2 is 2.22 bits per heavy atom. The van der Waals surface area contributed by atoms with Crippen molar-refractivity contribution in [1.29, 1.82) is 0 Å². The average Bonchev–Trinajstić information content (AvgIpc) is 2.39. The van der Waals surface area contributed by atoms with Crippen LogP contribution in [0.25, 0.3) is 0 Å². The van der Waals surface area contributed by atoms with Gasteiger partial charge < -0.3 is 9.84 Å². The van der Waals surface area contributed by atoms with Crippen molar-refractivity contribution in [2.24, 2.45) is 0 Å². The van der Waals surface area contributed by atoms with Crippen LogP contribution in [-0.2, 0) is 6.42 Å². The second-order valence-corrected chi connectivity index (χ2v) is 5.67. The Bertz CT molecular complexity index is 358. The minimum absolute atomic E-state index is 0.201. The van der Waals surface area contributed by atoms with Gasteiger partial charge in [-0.2, -0.15) is 0 Å². The summed E-state index contributed by atoms with van der Waals surface area (Å²) in [5.41, 5.74) is 1.19. The molecular formula is C14H23NO2S. The Kier molecular flexibility index (Phi) is 6.98. The van der Waals surface area contributed by atoms with Crippen molar-refractivity contribution in [3.8, 4) is 11.5 Å². The van der Waals surface area contributed by atoms with E-state index in [4.69, 9.17) is 4.74 Å². The molecule has 0 amide bonds. The smallest absolute Gasteiger partial charge is 0.160 e. The third kappa shape index (κ3) is 5.19. The van der Waals surface area contributed by atoms with E-state index in [9.17, 15) is 5.11 Å². The Hall–Kier alpha value is -0.870. The Morgan fingerprint density at radius 3 is 2.89 bits per heavy atom. The largest absolute Gasteiger partial charge is 0.504 e. The molecule has 0 saturated carbocycles. The zero-order chi connectivity index (χ0) is 13.4. The second kappa shape index (κ2) is 8.27. The lowest BCUT2D eigenvalue weighted by Crippen LogP contribution is -2.11. The first-order valence-corrected chi connectivity index (χ1v) is 7.29. The molecule has 0 bridgehead atoms. The van der Waals surface area contributed by atoms with Crippen LogP contribution in [0.1, 0.15) is 32.3 Å². The Morgan fingerprint density at radius 1 is 1.44 bits per heavy atom. The van der Waals surface area contributed by atoms with Crippen LogP contribution in [-0.4, -0.2) is 24.0 Å². The van der Waals surface area contributed by atoms with E-state index in [0.29, 0.717) is 11.0 Å². The number of aryl methyl sites for hydroxylation is 1. The molecule has 102 valence electrons. The van der Waals surface area contributed by atoms with E-state index >= 15 is 0 Å². The molecule has 4 heteroatoms. The Labute approximate surface area is 114 Å². The van der Waals surface area contributed by atoms with E-state index in [1.54, 1.807) is 25.1 Å². The summed E-state index contributed by atoms with van der Waals surface area (Å²) >= 11 is 1.81. The van der Waals surface area contributed by atoms with Crippen molar-refractivity contribution in [2.75, 3.05) is 13.7 Å². The van der Waals surface area contributed by atoms with Gasteiger partial charge in [-0.05, 0) is 37.0 Å². The van der Waals surface area contributed by atoms with Crippen LogP contribution in [0, 0.1) is 0 Å². The normalized spacial score (nSPS) is 12.4. The fourth-order valence-corrected chi connectivity index (χ4v) is 2.24. The number of ether oxygens (including phenoxy) is 1. The first-order chi connectivity index (χ1) is 8.67. The van der Waals surface area contributed by atoms with Crippen LogP contribution >= 0.6 is 11.9 Å². The van der Waals surface area contributed by atoms with Gasteiger partial charge in [0, 0.05) is 11.8 Å². The lowest BCUT2D eigenvalue weighted by Gasteiger charge is -2.09. The molecule has 3 nitrogen and oxygen atoms in total. The van der Waals surface area contributed by atoms with Gasteiger partial charge in [0.1, 0.15) is 0 Å². The predicted molar refractivity (Wildman–Crippen MR) is 78.3 cm³/mol. The highest BCUT2D eigenvalue weighted by Crippen LogP contribution is 2.26.